The zero-order valence-electron chi connectivity index (χ0n) is 23.3. The first-order chi connectivity index (χ1) is 18.9. The topological polar surface area (TPSA) is 177 Å². The molecule has 1 unspecified atom stereocenters. The zero-order chi connectivity index (χ0) is 28.9. The molecule has 40 heavy (non-hydrogen) atoms. The van der Waals surface area contributed by atoms with Gasteiger partial charge in [-0.05, 0) is 49.0 Å². The van der Waals surface area contributed by atoms with Crippen molar-refractivity contribution >= 4 is 35.3 Å². The first kappa shape index (κ1) is 28.7. The minimum absolute atomic E-state index is 0.00708. The van der Waals surface area contributed by atoms with E-state index in [2.05, 4.69) is 20.8 Å². The molecule has 5 heterocycles. The number of ketones is 1. The lowest BCUT2D eigenvalue weighted by atomic mass is 9.73. The van der Waals surface area contributed by atoms with Gasteiger partial charge < -0.3 is 26.0 Å². The third-order valence-corrected chi connectivity index (χ3v) is 10.4. The Bertz CT molecular complexity index is 1210. The van der Waals surface area contributed by atoms with Crippen LogP contribution >= 0.6 is 11.8 Å². The van der Waals surface area contributed by atoms with E-state index in [1.54, 1.807) is 0 Å². The van der Waals surface area contributed by atoms with E-state index in [0.717, 1.165) is 6.42 Å². The molecule has 3 saturated heterocycles. The SMILES string of the molecule is CC(CC(=O)Cn1cnnn1)[C@H]1C(=O)N2C(C(=O)O)=C(S[C@@H]3CN[C@H](C(=O)N4CC[C@@H](C(C)(C)N)C4)C3)[C@H](C)[C@H]12. The molecule has 4 aliphatic heterocycles. The minimum Gasteiger partial charge on any atom is -0.477 e. The number of carboxylic acids is 1. The number of nitrogens with two attached hydrogens (primary N) is 1. The van der Waals surface area contributed by atoms with Crippen molar-refractivity contribution in [3.05, 3.63) is 16.9 Å². The fourth-order valence-corrected chi connectivity index (χ4v) is 8.18. The van der Waals surface area contributed by atoms with Gasteiger partial charge in [-0.3, -0.25) is 14.4 Å². The van der Waals surface area contributed by atoms with Crippen molar-refractivity contribution in [2.75, 3.05) is 19.6 Å². The van der Waals surface area contributed by atoms with E-state index >= 15 is 0 Å². The molecule has 1 aromatic rings. The number of nitrogens with zero attached hydrogens (tertiary/aromatic N) is 6. The van der Waals surface area contributed by atoms with Gasteiger partial charge in [-0.25, -0.2) is 9.48 Å². The predicted molar refractivity (Wildman–Crippen MR) is 145 cm³/mol. The third-order valence-electron chi connectivity index (χ3n) is 8.92. The Hall–Kier alpha value is -2.84. The second-order valence-electron chi connectivity index (χ2n) is 12.3. The number of hydrogen-bond donors (Lipinski definition) is 3. The summed E-state index contributed by atoms with van der Waals surface area (Å²) in [6.07, 6.45) is 3.01. The van der Waals surface area contributed by atoms with Crippen molar-refractivity contribution in [3.63, 3.8) is 0 Å². The van der Waals surface area contributed by atoms with Crippen LogP contribution in [0.2, 0.25) is 0 Å². The Balaban J connectivity index is 1.21. The monoisotopic (exact) mass is 574 g/mol. The van der Waals surface area contributed by atoms with Gasteiger partial charge in [0, 0.05) is 47.7 Å². The highest BCUT2D eigenvalue weighted by atomic mass is 32.2. The quantitative estimate of drug-likeness (QED) is 0.323. The largest absolute Gasteiger partial charge is 0.477 e. The summed E-state index contributed by atoms with van der Waals surface area (Å²) in [5.41, 5.74) is 5.98. The number of carbonyl (C=O) groups excluding carboxylic acids is 3. The smallest absolute Gasteiger partial charge is 0.353 e. The molecule has 4 aliphatic rings. The number of aliphatic carboxylic acids is 1. The Morgan fingerprint density at radius 1 is 1.32 bits per heavy atom. The molecule has 0 spiro atoms. The molecule has 0 aliphatic carbocycles. The van der Waals surface area contributed by atoms with Crippen LogP contribution in [-0.2, 0) is 25.7 Å². The Kier molecular flexibility index (Phi) is 7.79. The summed E-state index contributed by atoms with van der Waals surface area (Å²) in [4.78, 5) is 55.3. The highest BCUT2D eigenvalue weighted by molar-refractivity contribution is 8.03. The van der Waals surface area contributed by atoms with Crippen LogP contribution in [0.15, 0.2) is 16.9 Å². The minimum atomic E-state index is -1.13. The summed E-state index contributed by atoms with van der Waals surface area (Å²) in [6, 6.07) is -0.620. The maximum atomic E-state index is 13.2. The van der Waals surface area contributed by atoms with Crippen molar-refractivity contribution < 1.29 is 24.3 Å². The maximum absolute atomic E-state index is 13.2. The summed E-state index contributed by atoms with van der Waals surface area (Å²) >= 11 is 1.47. The number of likely N-dealkylation sites (tertiary alicyclic amines) is 1. The predicted octanol–water partition coefficient (Wildman–Crippen LogP) is 0.0908. The summed E-state index contributed by atoms with van der Waals surface area (Å²) in [5.74, 6) is -2.02. The van der Waals surface area contributed by atoms with E-state index in [4.69, 9.17) is 5.73 Å². The summed E-state index contributed by atoms with van der Waals surface area (Å²) in [7, 11) is 0. The van der Waals surface area contributed by atoms with Gasteiger partial charge in [0.2, 0.25) is 11.8 Å². The van der Waals surface area contributed by atoms with Crippen molar-refractivity contribution in [2.45, 2.75) is 76.4 Å². The summed E-state index contributed by atoms with van der Waals surface area (Å²) in [6.45, 7) is 9.76. The Morgan fingerprint density at radius 2 is 2.08 bits per heavy atom. The molecule has 2 amide bonds. The fourth-order valence-electron chi connectivity index (χ4n) is 6.70. The second kappa shape index (κ2) is 10.9. The van der Waals surface area contributed by atoms with Gasteiger partial charge in [-0.2, -0.15) is 0 Å². The average Bonchev–Trinajstić information content (AvgIpc) is 3.66. The maximum Gasteiger partial charge on any atom is 0.353 e. The van der Waals surface area contributed by atoms with Crippen molar-refractivity contribution in [2.24, 2.45) is 29.4 Å². The number of tetrazole rings is 1. The molecule has 13 nitrogen and oxygen atoms in total. The highest BCUT2D eigenvalue weighted by Crippen LogP contribution is 2.53. The highest BCUT2D eigenvalue weighted by Gasteiger charge is 2.60. The van der Waals surface area contributed by atoms with Gasteiger partial charge in [0.15, 0.2) is 5.78 Å². The second-order valence-corrected chi connectivity index (χ2v) is 13.6. The van der Waals surface area contributed by atoms with Gasteiger partial charge >= 0.3 is 5.97 Å². The van der Waals surface area contributed by atoms with Crippen LogP contribution in [0.1, 0.15) is 47.0 Å². The lowest BCUT2D eigenvalue weighted by Gasteiger charge is -2.47. The first-order valence-electron chi connectivity index (χ1n) is 13.9. The van der Waals surface area contributed by atoms with Crippen LogP contribution in [-0.4, -0.2) is 101 Å². The standard InChI is InChI=1S/C26H38N8O5S/c1-13(7-16(35)11-33-12-29-30-31-33)19-20-14(2)22(21(25(38)39)34(20)24(19)37)40-17-8-18(28-9-17)23(36)32-6-5-15(10-32)26(3,4)27/h12-15,17-20,28H,5-11,27H2,1-4H3,(H,38,39)/t13?,14-,15-,17+,18+,19-,20-/m1/s1. The summed E-state index contributed by atoms with van der Waals surface area (Å²) in [5, 5.41) is 24.2. The van der Waals surface area contributed by atoms with Crippen LogP contribution in [0, 0.1) is 23.7 Å². The first-order valence-corrected chi connectivity index (χ1v) is 14.8. The van der Waals surface area contributed by atoms with Crippen LogP contribution in [0.5, 0.6) is 0 Å². The molecule has 0 saturated carbocycles. The number of hydrogen-bond acceptors (Lipinski definition) is 10. The van der Waals surface area contributed by atoms with E-state index in [1.807, 2.05) is 32.6 Å². The van der Waals surface area contributed by atoms with Crippen molar-refractivity contribution in [1.82, 2.24) is 35.3 Å². The number of carbonyl (C=O) groups is 4. The Morgan fingerprint density at radius 3 is 2.70 bits per heavy atom. The van der Waals surface area contributed by atoms with E-state index in [0.29, 0.717) is 31.0 Å². The number of fused-ring (bicyclic) bond motifs is 1. The molecule has 4 N–H and O–H groups in total. The van der Waals surface area contributed by atoms with E-state index in [9.17, 15) is 24.3 Å². The lowest BCUT2D eigenvalue weighted by molar-refractivity contribution is -0.160. The molecule has 3 fully saturated rings. The van der Waals surface area contributed by atoms with Crippen molar-refractivity contribution in [1.29, 1.82) is 0 Å². The fraction of sp³-hybridized carbons (Fsp3) is 0.731. The Labute approximate surface area is 237 Å². The molecule has 218 valence electrons. The van der Waals surface area contributed by atoms with Crippen LogP contribution in [0.25, 0.3) is 0 Å². The van der Waals surface area contributed by atoms with Crippen molar-refractivity contribution in [3.8, 4) is 0 Å². The molecular weight excluding hydrogens is 536 g/mol. The van der Waals surface area contributed by atoms with Crippen LogP contribution < -0.4 is 11.1 Å². The average molecular weight is 575 g/mol. The normalized spacial score (nSPS) is 31.0. The molecule has 7 atom stereocenters. The molecule has 1 aromatic heterocycles. The van der Waals surface area contributed by atoms with Gasteiger partial charge in [0.1, 0.15) is 18.6 Å². The molecule has 0 aromatic carbocycles. The van der Waals surface area contributed by atoms with E-state index in [-0.39, 0.29) is 76.9 Å². The molecule has 14 heteroatoms. The number of rotatable bonds is 10. The molecule has 0 radical (unpaired) electrons. The van der Waals surface area contributed by atoms with E-state index in [1.165, 1.54) is 27.7 Å². The lowest BCUT2D eigenvalue weighted by Crippen LogP contribution is -2.62. The van der Waals surface area contributed by atoms with Gasteiger partial charge in [0.25, 0.3) is 0 Å². The van der Waals surface area contributed by atoms with Crippen LogP contribution in [0.3, 0.4) is 0 Å². The number of thioether (sulfide) groups is 1. The van der Waals surface area contributed by atoms with E-state index < -0.39 is 11.9 Å². The third kappa shape index (κ3) is 5.28. The molecular formula is C26H38N8O5S. The number of carboxylic acid groups (broad SMARTS) is 1. The number of Topliss-reactive ketones (excluding diaryl/α,β-unsaturated/α-hetero) is 1. The van der Waals surface area contributed by atoms with Gasteiger partial charge in [-0.1, -0.05) is 13.8 Å². The number of nitrogens with one attached hydrogen (secondary N) is 1. The molecule has 5 rings (SSSR count). The zero-order valence-corrected chi connectivity index (χ0v) is 24.1. The number of β-lactam (4-membered cyclic amide) rings is 1. The number of amides is 2. The summed E-state index contributed by atoms with van der Waals surface area (Å²) < 4.78 is 1.34. The van der Waals surface area contributed by atoms with Gasteiger partial charge in [-0.15, -0.1) is 16.9 Å². The molecule has 0 bridgehead atoms. The van der Waals surface area contributed by atoms with Crippen LogP contribution in [0.4, 0.5) is 0 Å². The van der Waals surface area contributed by atoms with Gasteiger partial charge in [0.05, 0.1) is 18.0 Å². The number of aromatic nitrogens is 4.